The summed E-state index contributed by atoms with van der Waals surface area (Å²) in [4.78, 5) is 11.0. The second kappa shape index (κ2) is 7.52. The molecule has 0 fully saturated rings. The Hall–Kier alpha value is -2.46. The van der Waals surface area contributed by atoms with Crippen LogP contribution in [0.15, 0.2) is 55.1 Å². The summed E-state index contributed by atoms with van der Waals surface area (Å²) in [5.41, 5.74) is 1.84. The molecule has 0 unspecified atom stereocenters. The Bertz CT molecular complexity index is 668. The summed E-state index contributed by atoms with van der Waals surface area (Å²) in [5, 5.41) is 12.4. The van der Waals surface area contributed by atoms with E-state index in [-0.39, 0.29) is 10.6 Å². The third kappa shape index (κ3) is 4.27. The fourth-order valence-electron chi connectivity index (χ4n) is 1.86. The fraction of sp³-hybridized carbons (Fsp3) is 0.118. The zero-order valence-electron chi connectivity index (χ0n) is 11.9. The van der Waals surface area contributed by atoms with E-state index in [0.29, 0.717) is 18.8 Å². The molecule has 0 saturated carbocycles. The number of hydrogen-bond donors (Lipinski definition) is 2. The van der Waals surface area contributed by atoms with Gasteiger partial charge in [-0.1, -0.05) is 36.4 Å². The summed E-state index contributed by atoms with van der Waals surface area (Å²) in [6, 6.07) is 12.5. The van der Waals surface area contributed by atoms with Gasteiger partial charge in [-0.25, -0.2) is 4.79 Å². The summed E-state index contributed by atoms with van der Waals surface area (Å²) in [7, 11) is 0. The van der Waals surface area contributed by atoms with Crippen molar-refractivity contribution >= 4 is 23.3 Å². The van der Waals surface area contributed by atoms with Crippen molar-refractivity contribution in [2.75, 3.05) is 11.9 Å². The van der Waals surface area contributed by atoms with Crippen LogP contribution >= 0.6 is 11.6 Å². The number of anilines is 1. The highest BCUT2D eigenvalue weighted by atomic mass is 35.5. The molecule has 22 heavy (non-hydrogen) atoms. The molecule has 4 nitrogen and oxygen atoms in total. The molecule has 2 aromatic carbocycles. The average molecular weight is 318 g/mol. The van der Waals surface area contributed by atoms with Crippen LogP contribution in [0.2, 0.25) is 5.02 Å². The Labute approximate surface area is 134 Å². The molecule has 114 valence electrons. The minimum Gasteiger partial charge on any atom is -0.490 e. The summed E-state index contributed by atoms with van der Waals surface area (Å²) < 4.78 is 5.41. The Morgan fingerprint density at radius 1 is 1.27 bits per heavy atom. The number of nitrogens with one attached hydrogen (secondary N) is 1. The molecule has 0 heterocycles. The monoisotopic (exact) mass is 317 g/mol. The summed E-state index contributed by atoms with van der Waals surface area (Å²) >= 11 is 5.84. The number of carboxylic acid groups (broad SMARTS) is 1. The van der Waals surface area contributed by atoms with Crippen molar-refractivity contribution in [2.45, 2.75) is 6.54 Å². The molecule has 2 aromatic rings. The van der Waals surface area contributed by atoms with Crippen molar-refractivity contribution in [3.8, 4) is 5.75 Å². The van der Waals surface area contributed by atoms with Gasteiger partial charge in [0.25, 0.3) is 0 Å². The third-order valence-corrected chi connectivity index (χ3v) is 3.31. The molecule has 0 aliphatic heterocycles. The van der Waals surface area contributed by atoms with Gasteiger partial charge in [0.05, 0.1) is 10.6 Å². The highest BCUT2D eigenvalue weighted by Crippen LogP contribution is 2.21. The van der Waals surface area contributed by atoms with Gasteiger partial charge in [0.15, 0.2) is 0 Å². The van der Waals surface area contributed by atoms with Crippen molar-refractivity contribution in [3.05, 3.63) is 71.3 Å². The predicted molar refractivity (Wildman–Crippen MR) is 87.9 cm³/mol. The number of rotatable bonds is 7. The smallest absolute Gasteiger partial charge is 0.337 e. The second-order valence-corrected chi connectivity index (χ2v) is 5.00. The van der Waals surface area contributed by atoms with E-state index in [9.17, 15) is 4.79 Å². The van der Waals surface area contributed by atoms with Crippen molar-refractivity contribution in [2.24, 2.45) is 0 Å². The van der Waals surface area contributed by atoms with E-state index >= 15 is 0 Å². The van der Waals surface area contributed by atoms with Gasteiger partial charge < -0.3 is 15.2 Å². The van der Waals surface area contributed by atoms with E-state index in [4.69, 9.17) is 21.4 Å². The molecule has 0 aromatic heterocycles. The zero-order valence-corrected chi connectivity index (χ0v) is 12.6. The molecule has 0 spiro atoms. The van der Waals surface area contributed by atoms with Crippen LogP contribution in [-0.4, -0.2) is 17.7 Å². The third-order valence-electron chi connectivity index (χ3n) is 2.98. The maximum atomic E-state index is 11.0. The van der Waals surface area contributed by atoms with Gasteiger partial charge in [-0.2, -0.15) is 0 Å². The molecule has 2 N–H and O–H groups in total. The summed E-state index contributed by atoms with van der Waals surface area (Å²) in [6.07, 6.45) is 1.69. The first-order valence-corrected chi connectivity index (χ1v) is 7.07. The SMILES string of the molecule is C=CCOc1ccc(CNc2ccc(Cl)c(C(=O)O)c2)cc1. The largest absolute Gasteiger partial charge is 0.490 e. The molecule has 0 amide bonds. The van der Waals surface area contributed by atoms with Crippen LogP contribution in [0.4, 0.5) is 5.69 Å². The van der Waals surface area contributed by atoms with Gasteiger partial charge in [-0.05, 0) is 35.9 Å². The molecule has 0 bridgehead atoms. The Balaban J connectivity index is 1.99. The van der Waals surface area contributed by atoms with Crippen LogP contribution in [0, 0.1) is 0 Å². The van der Waals surface area contributed by atoms with Crippen LogP contribution in [0.25, 0.3) is 0 Å². The van der Waals surface area contributed by atoms with E-state index < -0.39 is 5.97 Å². The molecule has 0 aliphatic carbocycles. The maximum absolute atomic E-state index is 11.0. The molecule has 0 atom stereocenters. The minimum atomic E-state index is -1.04. The van der Waals surface area contributed by atoms with Crippen molar-refractivity contribution in [3.63, 3.8) is 0 Å². The van der Waals surface area contributed by atoms with Gasteiger partial charge in [0.2, 0.25) is 0 Å². The molecule has 5 heteroatoms. The van der Waals surface area contributed by atoms with Crippen LogP contribution in [0.1, 0.15) is 15.9 Å². The maximum Gasteiger partial charge on any atom is 0.337 e. The van der Waals surface area contributed by atoms with Crippen molar-refractivity contribution in [1.29, 1.82) is 0 Å². The first-order valence-electron chi connectivity index (χ1n) is 6.69. The summed E-state index contributed by atoms with van der Waals surface area (Å²) in [5.74, 6) is -0.263. The van der Waals surface area contributed by atoms with E-state index in [0.717, 1.165) is 11.3 Å². The van der Waals surface area contributed by atoms with Gasteiger partial charge in [-0.3, -0.25) is 0 Å². The van der Waals surface area contributed by atoms with Crippen molar-refractivity contribution < 1.29 is 14.6 Å². The number of hydrogen-bond acceptors (Lipinski definition) is 3. The zero-order chi connectivity index (χ0) is 15.9. The topological polar surface area (TPSA) is 58.6 Å². The van der Waals surface area contributed by atoms with Gasteiger partial charge in [0.1, 0.15) is 12.4 Å². The fourth-order valence-corrected chi connectivity index (χ4v) is 2.06. The normalized spacial score (nSPS) is 10.0. The van der Waals surface area contributed by atoms with E-state index in [1.807, 2.05) is 24.3 Å². The molecule has 0 aliphatic rings. The highest BCUT2D eigenvalue weighted by Gasteiger charge is 2.09. The number of carboxylic acids is 1. The Morgan fingerprint density at radius 2 is 2.00 bits per heavy atom. The molecule has 0 saturated heterocycles. The summed E-state index contributed by atoms with van der Waals surface area (Å²) in [6.45, 7) is 4.64. The lowest BCUT2D eigenvalue weighted by Crippen LogP contribution is -2.03. The lowest BCUT2D eigenvalue weighted by atomic mass is 10.2. The van der Waals surface area contributed by atoms with Crippen LogP contribution in [0.3, 0.4) is 0 Å². The standard InChI is InChI=1S/C17H16ClNO3/c1-2-9-22-14-6-3-12(4-7-14)11-19-13-5-8-16(18)15(10-13)17(20)21/h2-8,10,19H,1,9,11H2,(H,20,21). The number of ether oxygens (including phenoxy) is 1. The quantitative estimate of drug-likeness (QED) is 0.751. The van der Waals surface area contributed by atoms with Crippen LogP contribution < -0.4 is 10.1 Å². The van der Waals surface area contributed by atoms with Gasteiger partial charge in [-0.15, -0.1) is 0 Å². The second-order valence-electron chi connectivity index (χ2n) is 4.60. The lowest BCUT2D eigenvalue weighted by molar-refractivity contribution is 0.0697. The van der Waals surface area contributed by atoms with Crippen LogP contribution in [-0.2, 0) is 6.54 Å². The number of halogens is 1. The van der Waals surface area contributed by atoms with Crippen LogP contribution in [0.5, 0.6) is 5.75 Å². The molecule has 2 rings (SSSR count). The van der Waals surface area contributed by atoms with Gasteiger partial charge in [0, 0.05) is 12.2 Å². The number of benzene rings is 2. The Morgan fingerprint density at radius 3 is 2.64 bits per heavy atom. The van der Waals surface area contributed by atoms with E-state index in [1.54, 1.807) is 18.2 Å². The predicted octanol–water partition coefficient (Wildman–Crippen LogP) is 4.22. The molecular formula is C17H16ClNO3. The highest BCUT2D eigenvalue weighted by molar-refractivity contribution is 6.33. The lowest BCUT2D eigenvalue weighted by Gasteiger charge is -2.09. The first-order chi connectivity index (χ1) is 10.6. The molecular weight excluding hydrogens is 302 g/mol. The average Bonchev–Trinajstić information content (AvgIpc) is 2.53. The van der Waals surface area contributed by atoms with E-state index in [2.05, 4.69) is 11.9 Å². The molecule has 0 radical (unpaired) electrons. The Kier molecular flexibility index (Phi) is 5.44. The first kappa shape index (κ1) is 15.9. The number of aromatic carboxylic acids is 1. The minimum absolute atomic E-state index is 0.0832. The van der Waals surface area contributed by atoms with Gasteiger partial charge >= 0.3 is 5.97 Å². The van der Waals surface area contributed by atoms with E-state index in [1.165, 1.54) is 6.07 Å². The number of carbonyl (C=O) groups is 1. The van der Waals surface area contributed by atoms with Crippen molar-refractivity contribution in [1.82, 2.24) is 0 Å².